The fourth-order valence-corrected chi connectivity index (χ4v) is 6.17. The van der Waals surface area contributed by atoms with E-state index in [-0.39, 0.29) is 27.7 Å². The number of benzene rings is 2. The lowest BCUT2D eigenvalue weighted by Gasteiger charge is -2.30. The largest absolute Gasteiger partial charge is 0.392 e. The molecule has 2 aromatic carbocycles. The molecule has 1 fully saturated rings. The summed E-state index contributed by atoms with van der Waals surface area (Å²) in [5.41, 5.74) is 2.09. The fourth-order valence-electron chi connectivity index (χ4n) is 6.17. The van der Waals surface area contributed by atoms with Gasteiger partial charge in [-0.05, 0) is 78.7 Å². The van der Waals surface area contributed by atoms with Crippen molar-refractivity contribution in [3.05, 3.63) is 104 Å². The average Bonchev–Trinajstić information content (AvgIpc) is 3.07. The van der Waals surface area contributed by atoms with Crippen molar-refractivity contribution in [2.75, 3.05) is 18.4 Å². The second kappa shape index (κ2) is 13.2. The van der Waals surface area contributed by atoms with Crippen molar-refractivity contribution >= 4 is 35.9 Å². The van der Waals surface area contributed by atoms with Gasteiger partial charge in [0, 0.05) is 29.8 Å². The van der Waals surface area contributed by atoms with Crippen LogP contribution in [0.25, 0.3) is 27.7 Å². The maximum Gasteiger partial charge on any atom is 0.293 e. The van der Waals surface area contributed by atoms with Crippen LogP contribution in [0.3, 0.4) is 0 Å². The Morgan fingerprint density at radius 2 is 1.83 bits per heavy atom. The van der Waals surface area contributed by atoms with E-state index in [9.17, 15) is 19.5 Å². The van der Waals surface area contributed by atoms with Crippen LogP contribution in [0, 0.1) is 5.82 Å². The van der Waals surface area contributed by atoms with Crippen LogP contribution in [0.1, 0.15) is 56.2 Å². The standard InChI is InChI=1S/C35H36BFN7O4/c1-35(2,3)24-14-23-18-39-44(34(48)32(23)27(37)15-24)30-7-5-6-25(26(30)19-45)28-16-29(33(47)42(4)41-28)40-31-9-8-22(17-38-31)21-10-12-43(13-11-21)36-20-46/h5-9,14-18,20-21,45H,10-13,19H2,1-4H3,(H,38,40). The molecule has 245 valence electrons. The molecule has 0 unspecified atom stereocenters. The van der Waals surface area contributed by atoms with Crippen molar-refractivity contribution < 1.29 is 14.3 Å². The van der Waals surface area contributed by atoms with Gasteiger partial charge in [0.1, 0.15) is 17.3 Å². The van der Waals surface area contributed by atoms with E-state index >= 15 is 4.39 Å². The molecular formula is C35H36BFN7O4. The van der Waals surface area contributed by atoms with Gasteiger partial charge in [0.2, 0.25) is 0 Å². The van der Waals surface area contributed by atoms with E-state index in [0.29, 0.717) is 33.9 Å². The number of carbonyl (C=O) groups excluding carboxylic acids is 1. The van der Waals surface area contributed by atoms with Gasteiger partial charge < -0.3 is 20.0 Å². The second-order valence-electron chi connectivity index (χ2n) is 13.1. The number of aromatic nitrogens is 5. The minimum Gasteiger partial charge on any atom is -0.392 e. The Labute approximate surface area is 277 Å². The third-order valence-electron chi connectivity index (χ3n) is 8.90. The number of aryl methyl sites for hydroxylation is 1. The molecule has 0 aliphatic carbocycles. The Hall–Kier alpha value is -5.01. The smallest absolute Gasteiger partial charge is 0.293 e. The average molecular weight is 649 g/mol. The van der Waals surface area contributed by atoms with Gasteiger partial charge in [-0.1, -0.05) is 39.0 Å². The number of nitrogens with one attached hydrogen (secondary N) is 1. The van der Waals surface area contributed by atoms with E-state index in [4.69, 9.17) is 0 Å². The van der Waals surface area contributed by atoms with E-state index < -0.39 is 18.0 Å². The van der Waals surface area contributed by atoms with E-state index in [2.05, 4.69) is 20.5 Å². The van der Waals surface area contributed by atoms with Crippen molar-refractivity contribution in [2.24, 2.45) is 7.05 Å². The zero-order chi connectivity index (χ0) is 34.2. The van der Waals surface area contributed by atoms with Gasteiger partial charge >= 0.3 is 0 Å². The number of nitrogens with zero attached hydrogens (tertiary/aromatic N) is 6. The highest BCUT2D eigenvalue weighted by atomic mass is 19.1. The number of aliphatic hydroxyl groups excluding tert-OH is 1. The molecular weight excluding hydrogens is 612 g/mol. The number of fused-ring (bicyclic) bond motifs is 1. The SMILES string of the molecule is Cn1nc(-c2cccc(-n3ncc4cc(C(C)(C)C)cc(F)c4c3=O)c2CO)cc(Nc2ccc(C3CCN([B]C=O)CC3)cn2)c1=O. The lowest BCUT2D eigenvalue weighted by atomic mass is 9.84. The number of rotatable bonds is 8. The van der Waals surface area contributed by atoms with Crippen LogP contribution >= 0.6 is 0 Å². The number of anilines is 2. The molecule has 0 saturated carbocycles. The number of aliphatic hydroxyl groups is 1. The minimum atomic E-state index is -0.660. The van der Waals surface area contributed by atoms with Crippen LogP contribution in [0.4, 0.5) is 15.9 Å². The molecule has 1 aliphatic rings. The number of carbonyl (C=O) groups is 1. The molecule has 3 aromatic heterocycles. The van der Waals surface area contributed by atoms with Gasteiger partial charge in [-0.3, -0.25) is 9.59 Å². The Balaban J connectivity index is 1.32. The summed E-state index contributed by atoms with van der Waals surface area (Å²) in [4.78, 5) is 44.1. The van der Waals surface area contributed by atoms with E-state index in [1.54, 1.807) is 43.9 Å². The van der Waals surface area contributed by atoms with Crippen LogP contribution in [0.15, 0.2) is 70.5 Å². The van der Waals surface area contributed by atoms with Crippen molar-refractivity contribution in [3.8, 4) is 16.9 Å². The van der Waals surface area contributed by atoms with Crippen molar-refractivity contribution in [2.45, 2.75) is 51.6 Å². The molecule has 1 radical (unpaired) electrons. The predicted octanol–water partition coefficient (Wildman–Crippen LogP) is 4.20. The van der Waals surface area contributed by atoms with Crippen molar-refractivity contribution in [1.82, 2.24) is 29.4 Å². The van der Waals surface area contributed by atoms with Crippen LogP contribution < -0.4 is 16.4 Å². The lowest BCUT2D eigenvalue weighted by molar-refractivity contribution is 0.281. The summed E-state index contributed by atoms with van der Waals surface area (Å²) in [5.74, 6) is 0.157. The maximum absolute atomic E-state index is 15.4. The molecule has 1 saturated heterocycles. The fraction of sp³-hybridized carbons (Fsp3) is 0.314. The lowest BCUT2D eigenvalue weighted by Crippen LogP contribution is -2.36. The normalized spacial score (nSPS) is 14.3. The van der Waals surface area contributed by atoms with Gasteiger partial charge in [0.05, 0.1) is 35.8 Å². The second-order valence-corrected chi connectivity index (χ2v) is 13.1. The molecule has 4 heterocycles. The van der Waals surface area contributed by atoms with Gasteiger partial charge in [-0.2, -0.15) is 14.9 Å². The molecule has 1 aliphatic heterocycles. The molecule has 6 rings (SSSR count). The van der Waals surface area contributed by atoms with Gasteiger partial charge in [0.25, 0.3) is 18.5 Å². The summed E-state index contributed by atoms with van der Waals surface area (Å²) in [6.45, 7) is 7.02. The topological polar surface area (TPSA) is 135 Å². The molecule has 5 aromatic rings. The minimum absolute atomic E-state index is 0.0978. The summed E-state index contributed by atoms with van der Waals surface area (Å²) in [5, 5.41) is 22.7. The first kappa shape index (κ1) is 32.9. The third-order valence-corrected chi connectivity index (χ3v) is 8.90. The van der Waals surface area contributed by atoms with Crippen LogP contribution in [-0.2, 0) is 23.9 Å². The number of pyridine rings is 1. The first-order valence-electron chi connectivity index (χ1n) is 15.8. The monoisotopic (exact) mass is 648 g/mol. The number of hydrogen-bond donors (Lipinski definition) is 2. The van der Waals surface area contributed by atoms with Crippen LogP contribution in [0.5, 0.6) is 0 Å². The molecule has 0 bridgehead atoms. The van der Waals surface area contributed by atoms with E-state index in [1.165, 1.54) is 24.0 Å². The highest BCUT2D eigenvalue weighted by Gasteiger charge is 2.23. The summed E-state index contributed by atoms with van der Waals surface area (Å²) in [6, 6.07) is 13.5. The van der Waals surface area contributed by atoms with Crippen molar-refractivity contribution in [3.63, 3.8) is 0 Å². The van der Waals surface area contributed by atoms with E-state index in [1.807, 2.05) is 37.7 Å². The predicted molar refractivity (Wildman–Crippen MR) is 184 cm³/mol. The van der Waals surface area contributed by atoms with Gasteiger partial charge in [0.15, 0.2) is 0 Å². The quantitative estimate of drug-likeness (QED) is 0.188. The summed E-state index contributed by atoms with van der Waals surface area (Å²) in [7, 11) is 3.10. The Bertz CT molecular complexity index is 2120. The van der Waals surface area contributed by atoms with Crippen LogP contribution in [0.2, 0.25) is 0 Å². The number of hydrogen-bond acceptors (Lipinski definition) is 9. The third kappa shape index (κ3) is 6.43. The molecule has 2 N–H and O–H groups in total. The zero-order valence-corrected chi connectivity index (χ0v) is 27.3. The zero-order valence-electron chi connectivity index (χ0n) is 27.3. The molecule has 48 heavy (non-hydrogen) atoms. The number of halogens is 1. The Kier molecular flexibility index (Phi) is 9.08. The first-order valence-corrected chi connectivity index (χ1v) is 15.8. The Morgan fingerprint density at radius 3 is 2.50 bits per heavy atom. The van der Waals surface area contributed by atoms with Crippen molar-refractivity contribution in [1.29, 1.82) is 0 Å². The summed E-state index contributed by atoms with van der Waals surface area (Å²) >= 11 is 0. The summed E-state index contributed by atoms with van der Waals surface area (Å²) in [6.07, 6.45) is 5.88. The van der Waals surface area contributed by atoms with Crippen LogP contribution in [-0.4, -0.2) is 61.2 Å². The molecule has 0 spiro atoms. The van der Waals surface area contributed by atoms with Gasteiger partial charge in [-0.25, -0.2) is 14.1 Å². The molecule has 11 nitrogen and oxygen atoms in total. The van der Waals surface area contributed by atoms with E-state index in [0.717, 1.165) is 47.9 Å². The van der Waals surface area contributed by atoms with Gasteiger partial charge in [-0.15, -0.1) is 0 Å². The number of piperidine rings is 1. The summed E-state index contributed by atoms with van der Waals surface area (Å²) < 4.78 is 17.6. The Morgan fingerprint density at radius 1 is 1.06 bits per heavy atom. The molecule has 13 heteroatoms. The molecule has 0 amide bonds. The first-order chi connectivity index (χ1) is 23.0. The molecule has 0 atom stereocenters. The highest BCUT2D eigenvalue weighted by molar-refractivity contribution is 6.64. The maximum atomic E-state index is 15.4. The highest BCUT2D eigenvalue weighted by Crippen LogP contribution is 2.31.